The van der Waals surface area contributed by atoms with Crippen LogP contribution in [-0.4, -0.2) is 20.5 Å². The van der Waals surface area contributed by atoms with Crippen molar-refractivity contribution in [2.45, 2.75) is 19.9 Å². The van der Waals surface area contributed by atoms with Gasteiger partial charge in [0.05, 0.1) is 17.6 Å². The smallest absolute Gasteiger partial charge is 0.228 e. The number of rotatable bonds is 3. The quantitative estimate of drug-likeness (QED) is 0.567. The minimum Gasteiger partial charge on any atom is -0.365 e. The molecule has 6 nitrogen and oxygen atoms in total. The van der Waals surface area contributed by atoms with Crippen LogP contribution in [0.3, 0.4) is 0 Å². The maximum Gasteiger partial charge on any atom is 0.228 e. The fourth-order valence-electron chi connectivity index (χ4n) is 3.50. The zero-order chi connectivity index (χ0) is 18.5. The number of hydrogen-bond acceptors (Lipinski definition) is 4. The Morgan fingerprint density at radius 2 is 2.11 bits per heavy atom. The molecule has 134 valence electrons. The lowest BCUT2D eigenvalue weighted by molar-refractivity contribution is -0.115. The fourth-order valence-corrected chi connectivity index (χ4v) is 3.66. The van der Waals surface area contributed by atoms with Crippen molar-refractivity contribution in [2.75, 3.05) is 10.6 Å². The van der Waals surface area contributed by atoms with Gasteiger partial charge in [0.2, 0.25) is 5.91 Å². The number of nitrogens with one attached hydrogen (secondary N) is 2. The zero-order valence-electron chi connectivity index (χ0n) is 14.6. The second kappa shape index (κ2) is 5.96. The summed E-state index contributed by atoms with van der Waals surface area (Å²) in [5.74, 6) is 0.800. The Hall–Kier alpha value is -3.12. The van der Waals surface area contributed by atoms with Gasteiger partial charge in [-0.25, -0.2) is 9.50 Å². The van der Waals surface area contributed by atoms with Gasteiger partial charge in [-0.1, -0.05) is 35.9 Å². The van der Waals surface area contributed by atoms with E-state index in [0.717, 1.165) is 39.2 Å². The molecule has 0 saturated heterocycles. The van der Waals surface area contributed by atoms with Crippen molar-refractivity contribution in [3.8, 4) is 0 Å². The number of aryl methyl sites for hydroxylation is 1. The Morgan fingerprint density at radius 1 is 1.26 bits per heavy atom. The van der Waals surface area contributed by atoms with Gasteiger partial charge in [0.15, 0.2) is 5.65 Å². The van der Waals surface area contributed by atoms with Gasteiger partial charge in [-0.3, -0.25) is 4.79 Å². The highest BCUT2D eigenvalue weighted by molar-refractivity contribution is 6.34. The summed E-state index contributed by atoms with van der Waals surface area (Å²) >= 11 is 6.40. The highest BCUT2D eigenvalue weighted by atomic mass is 35.5. The maximum absolute atomic E-state index is 11.5. The molecule has 5 rings (SSSR count). The van der Waals surface area contributed by atoms with Crippen molar-refractivity contribution < 1.29 is 4.79 Å². The average molecular weight is 378 g/mol. The lowest BCUT2D eigenvalue weighted by Crippen LogP contribution is -2.05. The Bertz CT molecular complexity index is 1230. The van der Waals surface area contributed by atoms with E-state index in [4.69, 9.17) is 16.6 Å². The molecule has 0 bridgehead atoms. The first-order valence-electron chi connectivity index (χ1n) is 8.69. The van der Waals surface area contributed by atoms with Gasteiger partial charge in [-0.15, -0.1) is 0 Å². The Morgan fingerprint density at radius 3 is 3.00 bits per heavy atom. The molecule has 1 aliphatic rings. The molecule has 0 saturated carbocycles. The van der Waals surface area contributed by atoms with E-state index >= 15 is 0 Å². The van der Waals surface area contributed by atoms with Crippen molar-refractivity contribution in [3.05, 3.63) is 64.3 Å². The molecular formula is C20H16ClN5O. The third kappa shape index (κ3) is 2.61. The summed E-state index contributed by atoms with van der Waals surface area (Å²) in [4.78, 5) is 16.3. The molecule has 0 radical (unpaired) electrons. The normalized spacial score (nSPS) is 13.2. The number of halogens is 1. The third-order valence-electron chi connectivity index (χ3n) is 4.82. The molecule has 2 aromatic heterocycles. The molecule has 7 heteroatoms. The number of anilines is 2. The third-order valence-corrected chi connectivity index (χ3v) is 5.27. The summed E-state index contributed by atoms with van der Waals surface area (Å²) in [5, 5.41) is 12.3. The van der Waals surface area contributed by atoms with Crippen molar-refractivity contribution in [1.29, 1.82) is 0 Å². The largest absolute Gasteiger partial charge is 0.365 e. The molecule has 0 spiro atoms. The molecule has 4 aromatic rings. The Labute approximate surface area is 160 Å². The van der Waals surface area contributed by atoms with Crippen LogP contribution in [-0.2, 0) is 17.8 Å². The molecule has 0 fully saturated rings. The lowest BCUT2D eigenvalue weighted by Gasteiger charge is -2.11. The van der Waals surface area contributed by atoms with E-state index < -0.39 is 0 Å². The molecular weight excluding hydrogens is 362 g/mol. The highest BCUT2D eigenvalue weighted by Crippen LogP contribution is 2.29. The number of amides is 1. The first-order chi connectivity index (χ1) is 13.1. The molecule has 3 heterocycles. The van der Waals surface area contributed by atoms with Crippen LogP contribution in [0.4, 0.5) is 11.5 Å². The van der Waals surface area contributed by atoms with Crippen molar-refractivity contribution in [3.63, 3.8) is 0 Å². The minimum absolute atomic E-state index is 0.0407. The van der Waals surface area contributed by atoms with Crippen LogP contribution in [0, 0.1) is 6.92 Å². The van der Waals surface area contributed by atoms with Gasteiger partial charge < -0.3 is 10.6 Å². The number of nitrogens with zero attached hydrogens (tertiary/aromatic N) is 3. The van der Waals surface area contributed by atoms with E-state index in [9.17, 15) is 4.79 Å². The van der Waals surface area contributed by atoms with Crippen LogP contribution in [0.15, 0.2) is 42.5 Å². The van der Waals surface area contributed by atoms with Crippen LogP contribution in [0.25, 0.3) is 16.6 Å². The number of benzene rings is 2. The summed E-state index contributed by atoms with van der Waals surface area (Å²) in [5.41, 5.74) is 5.36. The Kier molecular flexibility index (Phi) is 3.55. The lowest BCUT2D eigenvalue weighted by atomic mass is 10.1. The van der Waals surface area contributed by atoms with E-state index in [2.05, 4.69) is 21.8 Å². The van der Waals surface area contributed by atoms with Crippen molar-refractivity contribution >= 4 is 45.6 Å². The fraction of sp³-hybridized carbons (Fsp3) is 0.150. The summed E-state index contributed by atoms with van der Waals surface area (Å²) in [6.07, 6.45) is 0.432. The molecule has 0 aliphatic carbocycles. The Balaban J connectivity index is 1.54. The maximum atomic E-state index is 11.5. The first-order valence-corrected chi connectivity index (χ1v) is 9.07. The number of para-hydroxylation sites is 1. The molecule has 0 unspecified atom stereocenters. The van der Waals surface area contributed by atoms with E-state index in [1.165, 1.54) is 0 Å². The zero-order valence-corrected chi connectivity index (χ0v) is 15.3. The van der Waals surface area contributed by atoms with Crippen molar-refractivity contribution in [1.82, 2.24) is 14.6 Å². The van der Waals surface area contributed by atoms with Gasteiger partial charge in [-0.05, 0) is 36.2 Å². The summed E-state index contributed by atoms with van der Waals surface area (Å²) in [6, 6.07) is 14.0. The minimum atomic E-state index is 0.0407. The molecule has 1 amide bonds. The van der Waals surface area contributed by atoms with Crippen LogP contribution in [0.2, 0.25) is 5.02 Å². The SMILES string of the molecule is Cc1nn2c(nc(NCc3ccc4c(c3)CC(=O)N4)c3ccccc32)c1Cl. The number of aromatic nitrogens is 3. The van der Waals surface area contributed by atoms with Crippen LogP contribution in [0.5, 0.6) is 0 Å². The van der Waals surface area contributed by atoms with Gasteiger partial charge in [-0.2, -0.15) is 5.10 Å². The second-order valence-corrected chi connectivity index (χ2v) is 7.06. The van der Waals surface area contributed by atoms with E-state index in [0.29, 0.717) is 23.6 Å². The number of hydrogen-bond donors (Lipinski definition) is 2. The summed E-state index contributed by atoms with van der Waals surface area (Å²) in [6.45, 7) is 2.47. The van der Waals surface area contributed by atoms with E-state index in [1.807, 2.05) is 43.3 Å². The predicted octanol–water partition coefficient (Wildman–Crippen LogP) is 3.95. The second-order valence-electron chi connectivity index (χ2n) is 6.68. The highest BCUT2D eigenvalue weighted by Gasteiger charge is 2.18. The van der Waals surface area contributed by atoms with Crippen LogP contribution < -0.4 is 10.6 Å². The molecule has 2 N–H and O–H groups in total. The van der Waals surface area contributed by atoms with Crippen molar-refractivity contribution in [2.24, 2.45) is 0 Å². The number of carbonyl (C=O) groups is 1. The van der Waals surface area contributed by atoms with Crippen LogP contribution >= 0.6 is 11.6 Å². The van der Waals surface area contributed by atoms with Crippen LogP contribution in [0.1, 0.15) is 16.8 Å². The summed E-state index contributed by atoms with van der Waals surface area (Å²) < 4.78 is 1.78. The number of fused-ring (bicyclic) bond motifs is 4. The summed E-state index contributed by atoms with van der Waals surface area (Å²) in [7, 11) is 0. The molecule has 1 aliphatic heterocycles. The van der Waals surface area contributed by atoms with Gasteiger partial charge in [0, 0.05) is 17.6 Å². The van der Waals surface area contributed by atoms with Gasteiger partial charge in [0.1, 0.15) is 10.8 Å². The molecule has 2 aromatic carbocycles. The number of carbonyl (C=O) groups excluding carboxylic acids is 1. The predicted molar refractivity (Wildman–Crippen MR) is 106 cm³/mol. The monoisotopic (exact) mass is 377 g/mol. The molecule has 0 atom stereocenters. The van der Waals surface area contributed by atoms with Gasteiger partial charge >= 0.3 is 0 Å². The van der Waals surface area contributed by atoms with E-state index in [1.54, 1.807) is 4.52 Å². The topological polar surface area (TPSA) is 71.3 Å². The first kappa shape index (κ1) is 16.1. The van der Waals surface area contributed by atoms with Gasteiger partial charge in [0.25, 0.3) is 0 Å². The van der Waals surface area contributed by atoms with E-state index in [-0.39, 0.29) is 5.91 Å². The molecule has 27 heavy (non-hydrogen) atoms. The average Bonchev–Trinajstić information content (AvgIpc) is 3.18. The standard InChI is InChI=1S/C20H16ClN5O/c1-11-18(21)20-24-19(14-4-2-3-5-16(14)26(20)25-11)22-10-12-6-7-15-13(8-12)9-17(27)23-15/h2-8H,9-10H2,1H3,(H,22,24)(H,23,27).